The third-order valence-electron chi connectivity index (χ3n) is 5.89. The molecule has 0 atom stereocenters. The Morgan fingerprint density at radius 3 is 2.45 bits per heavy atom. The van der Waals surface area contributed by atoms with Gasteiger partial charge in [0.1, 0.15) is 17.1 Å². The molecule has 8 heteroatoms. The molecular formula is C25H28N4O4. The third kappa shape index (κ3) is 4.69. The maximum absolute atomic E-state index is 13.0. The van der Waals surface area contributed by atoms with E-state index in [0.29, 0.717) is 23.6 Å². The van der Waals surface area contributed by atoms with Crippen molar-refractivity contribution >= 4 is 23.3 Å². The molecule has 0 aliphatic carbocycles. The molecule has 0 radical (unpaired) electrons. The molecule has 3 aromatic rings. The van der Waals surface area contributed by atoms with Crippen molar-refractivity contribution in [2.24, 2.45) is 0 Å². The topological polar surface area (TPSA) is 96.7 Å². The molecule has 8 nitrogen and oxygen atoms in total. The molecule has 2 aromatic carbocycles. The summed E-state index contributed by atoms with van der Waals surface area (Å²) < 4.78 is 6.60. The number of aromatic carboxylic acids is 1. The van der Waals surface area contributed by atoms with Gasteiger partial charge in [-0.25, -0.2) is 4.79 Å². The summed E-state index contributed by atoms with van der Waals surface area (Å²) in [7, 11) is 1.52. The zero-order valence-corrected chi connectivity index (χ0v) is 18.9. The predicted octanol–water partition coefficient (Wildman–Crippen LogP) is 4.52. The number of ether oxygens (including phenoxy) is 1. The largest absolute Gasteiger partial charge is 0.497 e. The van der Waals surface area contributed by atoms with Crippen LogP contribution in [-0.2, 0) is 6.54 Å². The number of hydrogen-bond donors (Lipinski definition) is 2. The minimum Gasteiger partial charge on any atom is -0.497 e. The number of aryl methyl sites for hydroxylation is 1. The first-order valence-corrected chi connectivity index (χ1v) is 11.2. The second-order valence-corrected chi connectivity index (χ2v) is 7.97. The van der Waals surface area contributed by atoms with E-state index in [1.54, 1.807) is 24.3 Å². The second-order valence-electron chi connectivity index (χ2n) is 7.97. The van der Waals surface area contributed by atoms with Gasteiger partial charge < -0.3 is 20.1 Å². The standard InChI is InChI=1S/C25H28N4O4/c1-3-29-23(25(31)32)22(26-24(30)18-8-7-9-20(16-18)33-2)21(27-29)17-10-12-19(13-11-17)28-14-5-4-6-15-28/h7-13,16H,3-6,14-15H2,1-2H3,(H,26,30)(H,31,32). The fourth-order valence-corrected chi connectivity index (χ4v) is 4.16. The van der Waals surface area contributed by atoms with Crippen LogP contribution in [0.2, 0.25) is 0 Å². The van der Waals surface area contributed by atoms with E-state index in [1.165, 1.54) is 31.1 Å². The summed E-state index contributed by atoms with van der Waals surface area (Å²) in [4.78, 5) is 27.4. The summed E-state index contributed by atoms with van der Waals surface area (Å²) in [6, 6.07) is 14.6. The second kappa shape index (κ2) is 9.77. The van der Waals surface area contributed by atoms with E-state index in [9.17, 15) is 14.7 Å². The summed E-state index contributed by atoms with van der Waals surface area (Å²) in [5.41, 5.74) is 2.80. The molecule has 2 heterocycles. The Labute approximate surface area is 192 Å². The van der Waals surface area contributed by atoms with Gasteiger partial charge in [0.15, 0.2) is 5.69 Å². The Morgan fingerprint density at radius 1 is 1.09 bits per heavy atom. The molecular weight excluding hydrogens is 420 g/mol. The molecule has 0 spiro atoms. The van der Waals surface area contributed by atoms with Crippen LogP contribution in [0.1, 0.15) is 47.0 Å². The molecule has 2 N–H and O–H groups in total. The fourth-order valence-electron chi connectivity index (χ4n) is 4.16. The van der Waals surface area contributed by atoms with Gasteiger partial charge in [0.2, 0.25) is 0 Å². The predicted molar refractivity (Wildman–Crippen MR) is 127 cm³/mol. The first-order chi connectivity index (χ1) is 16.0. The molecule has 1 amide bonds. The Kier molecular flexibility index (Phi) is 6.63. The van der Waals surface area contributed by atoms with Gasteiger partial charge in [0.05, 0.1) is 7.11 Å². The zero-order valence-electron chi connectivity index (χ0n) is 18.9. The number of methoxy groups -OCH3 is 1. The lowest BCUT2D eigenvalue weighted by molar-refractivity contribution is 0.0684. The number of carbonyl (C=O) groups excluding carboxylic acids is 1. The van der Waals surface area contributed by atoms with Gasteiger partial charge in [-0.3, -0.25) is 9.48 Å². The lowest BCUT2D eigenvalue weighted by Gasteiger charge is -2.28. The monoisotopic (exact) mass is 448 g/mol. The molecule has 4 rings (SSSR count). The Hall–Kier alpha value is -3.81. The van der Waals surface area contributed by atoms with Crippen LogP contribution >= 0.6 is 0 Å². The van der Waals surface area contributed by atoms with Gasteiger partial charge in [0.25, 0.3) is 5.91 Å². The normalized spacial score (nSPS) is 13.6. The molecule has 33 heavy (non-hydrogen) atoms. The van der Waals surface area contributed by atoms with E-state index in [1.807, 2.05) is 31.2 Å². The van der Waals surface area contributed by atoms with Crippen molar-refractivity contribution in [3.8, 4) is 17.0 Å². The zero-order chi connectivity index (χ0) is 23.4. The van der Waals surface area contributed by atoms with Crippen LogP contribution in [0, 0.1) is 0 Å². The quantitative estimate of drug-likeness (QED) is 0.552. The molecule has 1 aliphatic rings. The van der Waals surface area contributed by atoms with Crippen molar-refractivity contribution < 1.29 is 19.4 Å². The number of anilines is 2. The van der Waals surface area contributed by atoms with Gasteiger partial charge in [-0.2, -0.15) is 5.10 Å². The molecule has 0 bridgehead atoms. The number of rotatable bonds is 7. The van der Waals surface area contributed by atoms with E-state index in [-0.39, 0.29) is 11.4 Å². The van der Waals surface area contributed by atoms with Crippen LogP contribution in [-0.4, -0.2) is 47.0 Å². The smallest absolute Gasteiger partial charge is 0.356 e. The summed E-state index contributed by atoms with van der Waals surface area (Å²) in [6.07, 6.45) is 3.63. The molecule has 1 aliphatic heterocycles. The summed E-state index contributed by atoms with van der Waals surface area (Å²) in [6.45, 7) is 4.25. The lowest BCUT2D eigenvalue weighted by Crippen LogP contribution is -2.29. The Balaban J connectivity index is 1.70. The number of carbonyl (C=O) groups is 2. The summed E-state index contributed by atoms with van der Waals surface area (Å²) in [5, 5.41) is 17.2. The number of nitrogens with one attached hydrogen (secondary N) is 1. The fraction of sp³-hybridized carbons (Fsp3) is 0.320. The average Bonchev–Trinajstić information content (AvgIpc) is 3.23. The maximum atomic E-state index is 13.0. The van der Waals surface area contributed by atoms with Crippen LogP contribution in [0.3, 0.4) is 0 Å². The molecule has 1 aromatic heterocycles. The number of amides is 1. The van der Waals surface area contributed by atoms with E-state index in [0.717, 1.165) is 24.3 Å². The number of nitrogens with zero attached hydrogens (tertiary/aromatic N) is 3. The van der Waals surface area contributed by atoms with E-state index < -0.39 is 11.9 Å². The molecule has 0 saturated carbocycles. The summed E-state index contributed by atoms with van der Waals surface area (Å²) in [5.74, 6) is -1.04. The van der Waals surface area contributed by atoms with Gasteiger partial charge >= 0.3 is 5.97 Å². The van der Waals surface area contributed by atoms with Crippen LogP contribution in [0.5, 0.6) is 5.75 Å². The van der Waals surface area contributed by atoms with Crippen molar-refractivity contribution in [1.82, 2.24) is 9.78 Å². The van der Waals surface area contributed by atoms with Crippen molar-refractivity contribution in [3.63, 3.8) is 0 Å². The first-order valence-electron chi connectivity index (χ1n) is 11.2. The Bertz CT molecular complexity index is 1150. The third-order valence-corrected chi connectivity index (χ3v) is 5.89. The number of hydrogen-bond acceptors (Lipinski definition) is 5. The van der Waals surface area contributed by atoms with E-state index in [2.05, 4.69) is 15.3 Å². The van der Waals surface area contributed by atoms with E-state index in [4.69, 9.17) is 4.74 Å². The molecule has 0 unspecified atom stereocenters. The van der Waals surface area contributed by atoms with Crippen LogP contribution in [0.4, 0.5) is 11.4 Å². The van der Waals surface area contributed by atoms with Crippen LogP contribution < -0.4 is 15.0 Å². The first kappa shape index (κ1) is 22.4. The highest BCUT2D eigenvalue weighted by molar-refractivity contribution is 6.10. The highest BCUT2D eigenvalue weighted by atomic mass is 16.5. The number of aromatic nitrogens is 2. The minimum absolute atomic E-state index is 0.0520. The van der Waals surface area contributed by atoms with Crippen molar-refractivity contribution in [3.05, 3.63) is 59.8 Å². The molecule has 1 saturated heterocycles. The van der Waals surface area contributed by atoms with Gasteiger partial charge in [0, 0.05) is 36.4 Å². The summed E-state index contributed by atoms with van der Waals surface area (Å²) >= 11 is 0. The number of piperidine rings is 1. The van der Waals surface area contributed by atoms with Crippen molar-refractivity contribution in [2.45, 2.75) is 32.7 Å². The lowest BCUT2D eigenvalue weighted by atomic mass is 10.1. The van der Waals surface area contributed by atoms with E-state index >= 15 is 0 Å². The van der Waals surface area contributed by atoms with Gasteiger partial charge in [-0.1, -0.05) is 18.2 Å². The van der Waals surface area contributed by atoms with Gasteiger partial charge in [-0.05, 0) is 56.5 Å². The Morgan fingerprint density at radius 2 is 1.82 bits per heavy atom. The number of carboxylic acid groups (broad SMARTS) is 1. The van der Waals surface area contributed by atoms with Crippen molar-refractivity contribution in [1.29, 1.82) is 0 Å². The highest BCUT2D eigenvalue weighted by Crippen LogP contribution is 2.33. The molecule has 172 valence electrons. The SMILES string of the molecule is CCn1nc(-c2ccc(N3CCCCC3)cc2)c(NC(=O)c2cccc(OC)c2)c1C(=O)O. The van der Waals surface area contributed by atoms with Gasteiger partial charge in [-0.15, -0.1) is 0 Å². The maximum Gasteiger partial charge on any atom is 0.356 e. The highest BCUT2D eigenvalue weighted by Gasteiger charge is 2.26. The number of benzene rings is 2. The molecule has 1 fully saturated rings. The average molecular weight is 449 g/mol. The van der Waals surface area contributed by atoms with Crippen LogP contribution in [0.15, 0.2) is 48.5 Å². The number of carboxylic acids is 1. The van der Waals surface area contributed by atoms with Crippen molar-refractivity contribution in [2.75, 3.05) is 30.4 Å². The van der Waals surface area contributed by atoms with Crippen LogP contribution in [0.25, 0.3) is 11.3 Å². The minimum atomic E-state index is -1.15.